The van der Waals surface area contributed by atoms with Crippen LogP contribution < -0.4 is 10.6 Å². The van der Waals surface area contributed by atoms with E-state index in [2.05, 4.69) is 21.7 Å². The largest absolute Gasteiger partial charge is 0.336 e. The predicted molar refractivity (Wildman–Crippen MR) is 108 cm³/mol. The number of aryl methyl sites for hydroxylation is 2. The van der Waals surface area contributed by atoms with Crippen molar-refractivity contribution in [2.45, 2.75) is 13.8 Å². The molecule has 0 aliphatic carbocycles. The van der Waals surface area contributed by atoms with E-state index in [-0.39, 0.29) is 11.7 Å². The Kier molecular flexibility index (Phi) is 5.44. The molecule has 1 amide bonds. The van der Waals surface area contributed by atoms with E-state index < -0.39 is 0 Å². The predicted octanol–water partition coefficient (Wildman–Crippen LogP) is 5.08. The summed E-state index contributed by atoms with van der Waals surface area (Å²) >= 11 is 0. The van der Waals surface area contributed by atoms with E-state index >= 15 is 0 Å². The van der Waals surface area contributed by atoms with Crippen LogP contribution >= 0.6 is 0 Å². The maximum absolute atomic E-state index is 12.8. The van der Waals surface area contributed by atoms with Crippen LogP contribution in [0.3, 0.4) is 0 Å². The van der Waals surface area contributed by atoms with Crippen molar-refractivity contribution in [2.75, 3.05) is 10.6 Å². The van der Waals surface area contributed by atoms with Crippen molar-refractivity contribution >= 4 is 28.8 Å². The first-order chi connectivity index (χ1) is 12.6. The van der Waals surface area contributed by atoms with Crippen LogP contribution in [0, 0.1) is 13.8 Å². The van der Waals surface area contributed by atoms with Gasteiger partial charge in [0.1, 0.15) is 0 Å². The number of carbonyl (C=O) groups excluding carboxylic acids is 1. The van der Waals surface area contributed by atoms with Crippen LogP contribution in [0.1, 0.15) is 11.1 Å². The van der Waals surface area contributed by atoms with Crippen LogP contribution in [0.4, 0.5) is 17.1 Å². The molecule has 0 bridgehead atoms. The average Bonchev–Trinajstić information content (AvgIpc) is 2.62. The monoisotopic (exact) mass is 343 g/mol. The zero-order valence-electron chi connectivity index (χ0n) is 14.9. The lowest BCUT2D eigenvalue weighted by molar-refractivity contribution is -0.110. The summed E-state index contributed by atoms with van der Waals surface area (Å²) in [6.07, 6.45) is 0. The molecule has 3 rings (SSSR count). The number of carbonyl (C=O) groups is 1. The van der Waals surface area contributed by atoms with Crippen molar-refractivity contribution in [3.63, 3.8) is 0 Å². The third kappa shape index (κ3) is 4.80. The zero-order valence-corrected chi connectivity index (χ0v) is 14.9. The topological polar surface area (TPSA) is 53.5 Å². The minimum absolute atomic E-state index is 0.241. The van der Waals surface area contributed by atoms with Crippen LogP contribution in [0.5, 0.6) is 0 Å². The van der Waals surface area contributed by atoms with Crippen LogP contribution in [-0.2, 0) is 4.79 Å². The molecule has 26 heavy (non-hydrogen) atoms. The third-order valence-electron chi connectivity index (χ3n) is 3.73. The first kappa shape index (κ1) is 17.4. The van der Waals surface area contributed by atoms with Gasteiger partial charge in [0.05, 0.1) is 5.69 Å². The molecular weight excluding hydrogens is 322 g/mol. The van der Waals surface area contributed by atoms with Gasteiger partial charge in [-0.15, -0.1) is 0 Å². The Morgan fingerprint density at radius 1 is 0.731 bits per heavy atom. The van der Waals surface area contributed by atoms with E-state index in [4.69, 9.17) is 0 Å². The number of amides is 1. The standard InChI is InChI=1S/C22H21N3O/c1-16-13-17(2)15-20(14-16)24-21(23-18-9-5-3-6-10-18)22(26)25-19-11-7-4-8-12-19/h3-15H,1-2H3,(H,23,24)(H,25,26). The summed E-state index contributed by atoms with van der Waals surface area (Å²) in [5.41, 5.74) is 4.51. The van der Waals surface area contributed by atoms with Gasteiger partial charge in [-0.25, -0.2) is 4.99 Å². The highest BCUT2D eigenvalue weighted by Crippen LogP contribution is 2.16. The van der Waals surface area contributed by atoms with Crippen molar-refractivity contribution in [2.24, 2.45) is 4.99 Å². The smallest absolute Gasteiger partial charge is 0.291 e. The Labute approximate surface area is 153 Å². The highest BCUT2D eigenvalue weighted by molar-refractivity contribution is 6.46. The fourth-order valence-corrected chi connectivity index (χ4v) is 2.66. The van der Waals surface area contributed by atoms with E-state index in [0.717, 1.165) is 22.5 Å². The molecule has 0 aliphatic rings. The number of anilines is 2. The molecule has 0 atom stereocenters. The van der Waals surface area contributed by atoms with Gasteiger partial charge in [0.25, 0.3) is 5.91 Å². The molecule has 0 heterocycles. The molecule has 0 spiro atoms. The Balaban J connectivity index is 1.91. The number of benzene rings is 3. The molecule has 3 aromatic rings. The lowest BCUT2D eigenvalue weighted by atomic mass is 10.1. The highest BCUT2D eigenvalue weighted by Gasteiger charge is 2.13. The molecule has 130 valence electrons. The Morgan fingerprint density at radius 2 is 1.31 bits per heavy atom. The molecule has 0 aromatic heterocycles. The number of nitrogens with one attached hydrogen (secondary N) is 2. The second kappa shape index (κ2) is 8.12. The quantitative estimate of drug-likeness (QED) is 0.514. The maximum Gasteiger partial charge on any atom is 0.291 e. The van der Waals surface area contributed by atoms with Crippen LogP contribution in [0.25, 0.3) is 0 Å². The van der Waals surface area contributed by atoms with E-state index in [1.165, 1.54) is 0 Å². The minimum Gasteiger partial charge on any atom is -0.336 e. The molecule has 0 saturated heterocycles. The van der Waals surface area contributed by atoms with Gasteiger partial charge in [-0.05, 0) is 61.4 Å². The lowest BCUT2D eigenvalue weighted by Crippen LogP contribution is -2.29. The van der Waals surface area contributed by atoms with Crippen molar-refractivity contribution < 1.29 is 4.79 Å². The number of nitrogens with zero attached hydrogens (tertiary/aromatic N) is 1. The Morgan fingerprint density at radius 3 is 1.92 bits per heavy atom. The summed E-state index contributed by atoms with van der Waals surface area (Å²) in [4.78, 5) is 17.3. The van der Waals surface area contributed by atoms with Gasteiger partial charge in [0.2, 0.25) is 0 Å². The van der Waals surface area contributed by atoms with Crippen molar-refractivity contribution in [1.29, 1.82) is 0 Å². The van der Waals surface area contributed by atoms with Crippen LogP contribution in [-0.4, -0.2) is 11.7 Å². The lowest BCUT2D eigenvalue weighted by Gasteiger charge is -2.12. The van der Waals surface area contributed by atoms with Gasteiger partial charge in [-0.1, -0.05) is 42.5 Å². The first-order valence-electron chi connectivity index (χ1n) is 8.45. The van der Waals surface area contributed by atoms with Gasteiger partial charge in [0, 0.05) is 11.4 Å². The number of hydrogen-bond acceptors (Lipinski definition) is 2. The molecule has 0 unspecified atom stereocenters. The second-order valence-electron chi connectivity index (χ2n) is 6.12. The summed E-state index contributed by atoms with van der Waals surface area (Å²) < 4.78 is 0. The Hall–Kier alpha value is -3.40. The molecule has 0 aliphatic heterocycles. The van der Waals surface area contributed by atoms with Crippen molar-refractivity contribution in [3.05, 3.63) is 90.0 Å². The molecule has 4 nitrogen and oxygen atoms in total. The summed E-state index contributed by atoms with van der Waals surface area (Å²) in [5.74, 6) is -0.0516. The average molecular weight is 343 g/mol. The molecule has 3 aromatic carbocycles. The van der Waals surface area contributed by atoms with E-state index in [1.807, 2.05) is 86.6 Å². The van der Waals surface area contributed by atoms with Crippen molar-refractivity contribution in [3.8, 4) is 0 Å². The number of rotatable bonds is 3. The molecular formula is C22H21N3O. The fraction of sp³-hybridized carbons (Fsp3) is 0.0909. The van der Waals surface area contributed by atoms with Gasteiger partial charge in [-0.3, -0.25) is 4.79 Å². The van der Waals surface area contributed by atoms with Crippen molar-refractivity contribution in [1.82, 2.24) is 0 Å². The fourth-order valence-electron chi connectivity index (χ4n) is 2.66. The third-order valence-corrected chi connectivity index (χ3v) is 3.73. The highest BCUT2D eigenvalue weighted by atomic mass is 16.2. The normalized spacial score (nSPS) is 11.1. The zero-order chi connectivity index (χ0) is 18.4. The number of aliphatic imine (C=N–C) groups is 1. The van der Waals surface area contributed by atoms with Crippen LogP contribution in [0.2, 0.25) is 0 Å². The Bertz CT molecular complexity index is 898. The van der Waals surface area contributed by atoms with Gasteiger partial charge in [0.15, 0.2) is 5.84 Å². The second-order valence-corrected chi connectivity index (χ2v) is 6.12. The number of para-hydroxylation sites is 2. The van der Waals surface area contributed by atoms with Gasteiger partial charge < -0.3 is 10.6 Å². The summed E-state index contributed by atoms with van der Waals surface area (Å²) in [5, 5.41) is 6.05. The van der Waals surface area contributed by atoms with Crippen LogP contribution in [0.15, 0.2) is 83.9 Å². The van der Waals surface area contributed by atoms with E-state index in [0.29, 0.717) is 5.69 Å². The SMILES string of the molecule is Cc1cc(C)cc(NC(=Nc2ccccc2)C(=O)Nc2ccccc2)c1. The van der Waals surface area contributed by atoms with Gasteiger partial charge >= 0.3 is 0 Å². The number of amidine groups is 1. The van der Waals surface area contributed by atoms with Gasteiger partial charge in [-0.2, -0.15) is 0 Å². The molecule has 4 heteroatoms. The summed E-state index contributed by atoms with van der Waals surface area (Å²) in [7, 11) is 0. The number of hydrogen-bond donors (Lipinski definition) is 2. The first-order valence-corrected chi connectivity index (χ1v) is 8.45. The minimum atomic E-state index is -0.292. The van der Waals surface area contributed by atoms with E-state index in [1.54, 1.807) is 0 Å². The molecule has 0 saturated carbocycles. The maximum atomic E-state index is 12.8. The summed E-state index contributed by atoms with van der Waals surface area (Å²) in [6.45, 7) is 4.05. The molecule has 0 radical (unpaired) electrons. The van der Waals surface area contributed by atoms with E-state index in [9.17, 15) is 4.79 Å². The molecule has 2 N–H and O–H groups in total. The molecule has 0 fully saturated rings. The summed E-state index contributed by atoms with van der Waals surface area (Å²) in [6, 6.07) is 24.8.